The molecular weight excluding hydrogens is 645 g/mol. The number of hydrogen-bond acceptors (Lipinski definition) is 13. The molecule has 1 rings (SSSR count). The summed E-state index contributed by atoms with van der Waals surface area (Å²) in [7, 11) is -3.82. The van der Waals surface area contributed by atoms with Gasteiger partial charge in [-0.05, 0) is 103 Å². The summed E-state index contributed by atoms with van der Waals surface area (Å²) in [5.41, 5.74) is -3.89. The normalized spacial score (nSPS) is 23.2. The van der Waals surface area contributed by atoms with E-state index in [1.165, 1.54) is 0 Å². The van der Waals surface area contributed by atoms with Crippen LogP contribution in [0.5, 0.6) is 0 Å². The van der Waals surface area contributed by atoms with Crippen LogP contribution in [0, 0.1) is 21.7 Å². The number of rotatable bonds is 14. The molecule has 0 aromatic heterocycles. The van der Waals surface area contributed by atoms with Crippen LogP contribution < -0.4 is 5.32 Å². The molecule has 14 heteroatoms. The maximum atomic E-state index is 14.1. The van der Waals surface area contributed by atoms with Gasteiger partial charge in [0.2, 0.25) is 0 Å². The number of nitrogens with one attached hydrogen (secondary N) is 1. The van der Waals surface area contributed by atoms with Crippen molar-refractivity contribution in [1.29, 1.82) is 0 Å². The monoisotopic (exact) mass is 707 g/mol. The van der Waals surface area contributed by atoms with Gasteiger partial charge in [-0.1, -0.05) is 13.3 Å². The molecule has 0 aromatic carbocycles. The first-order valence-electron chi connectivity index (χ1n) is 16.8. The van der Waals surface area contributed by atoms with Crippen LogP contribution in [-0.2, 0) is 56.5 Å². The van der Waals surface area contributed by atoms with Gasteiger partial charge in [-0.3, -0.25) is 29.1 Å². The first kappa shape index (κ1) is 44.0. The van der Waals surface area contributed by atoms with E-state index in [0.29, 0.717) is 12.8 Å². The van der Waals surface area contributed by atoms with E-state index in [1.807, 2.05) is 6.92 Å². The zero-order valence-electron chi connectivity index (χ0n) is 31.8. The van der Waals surface area contributed by atoms with Crippen LogP contribution in [0.1, 0.15) is 117 Å². The Morgan fingerprint density at radius 2 is 1.04 bits per heavy atom. The Morgan fingerprint density at radius 3 is 1.42 bits per heavy atom. The van der Waals surface area contributed by atoms with Crippen LogP contribution in [-0.4, -0.2) is 80.1 Å². The summed E-state index contributed by atoms with van der Waals surface area (Å²) >= 11 is 0. The van der Waals surface area contributed by atoms with E-state index in [9.17, 15) is 23.7 Å². The lowest BCUT2D eigenvalue weighted by Gasteiger charge is -2.47. The molecule has 0 saturated carbocycles. The van der Waals surface area contributed by atoms with Crippen molar-refractivity contribution >= 4 is 31.5 Å². The van der Waals surface area contributed by atoms with Gasteiger partial charge in [0.1, 0.15) is 18.5 Å². The summed E-state index contributed by atoms with van der Waals surface area (Å²) in [6, 6.07) is 0. The summed E-state index contributed by atoms with van der Waals surface area (Å²) < 4.78 is 55.7. The molecule has 0 aromatic rings. The minimum absolute atomic E-state index is 0.0924. The van der Waals surface area contributed by atoms with Crippen molar-refractivity contribution in [2.24, 2.45) is 21.7 Å². The van der Waals surface area contributed by atoms with Crippen molar-refractivity contribution in [3.8, 4) is 0 Å². The Hall–Kier alpha value is -2.05. The van der Waals surface area contributed by atoms with Crippen LogP contribution >= 0.6 is 7.60 Å². The standard InChI is InChI=1S/C34H62NO12P/c1-16-19-22(48(40,42-17-2)43-18-3)35-26-25(47-30(39)34(13,14)15)24(46-29(38)33(10,11)12)23(45-28(37)32(7,8)9)21(44-26)20-41-27(36)31(4,5)6/h21-26,35H,16-20H2,1-15H3/t21-,22?,23+,24+,25-,26-/m1/s1. The maximum Gasteiger partial charge on any atom is 0.347 e. The van der Waals surface area contributed by atoms with E-state index in [-0.39, 0.29) is 13.2 Å². The topological polar surface area (TPSA) is 162 Å². The zero-order chi connectivity index (χ0) is 37.5. The van der Waals surface area contributed by atoms with Gasteiger partial charge in [-0.25, -0.2) is 0 Å². The Labute approximate surface area is 287 Å². The van der Waals surface area contributed by atoms with Crippen molar-refractivity contribution in [3.63, 3.8) is 0 Å². The molecule has 0 spiro atoms. The second kappa shape index (κ2) is 17.2. The molecule has 0 radical (unpaired) electrons. The number of hydrogen-bond donors (Lipinski definition) is 1. The second-order valence-corrected chi connectivity index (χ2v) is 18.4. The molecule has 1 saturated heterocycles. The molecule has 1 N–H and O–H groups in total. The van der Waals surface area contributed by atoms with E-state index in [2.05, 4.69) is 5.32 Å². The van der Waals surface area contributed by atoms with Crippen LogP contribution in [0.4, 0.5) is 0 Å². The summed E-state index contributed by atoms with van der Waals surface area (Å²) in [5.74, 6) is -3.50. The zero-order valence-corrected chi connectivity index (χ0v) is 32.7. The van der Waals surface area contributed by atoms with Crippen molar-refractivity contribution in [2.75, 3.05) is 19.8 Å². The van der Waals surface area contributed by atoms with Gasteiger partial charge < -0.3 is 32.7 Å². The molecule has 13 nitrogen and oxygen atoms in total. The molecule has 6 atom stereocenters. The van der Waals surface area contributed by atoms with E-state index >= 15 is 0 Å². The highest BCUT2D eigenvalue weighted by atomic mass is 31.2. The molecule has 1 unspecified atom stereocenters. The molecular formula is C34H62NO12P. The van der Waals surface area contributed by atoms with E-state index in [0.717, 1.165) is 0 Å². The first-order valence-corrected chi connectivity index (χ1v) is 18.4. The lowest BCUT2D eigenvalue weighted by Crippen LogP contribution is -2.67. The number of ether oxygens (including phenoxy) is 5. The van der Waals surface area contributed by atoms with Crippen LogP contribution in [0.15, 0.2) is 0 Å². The highest BCUT2D eigenvalue weighted by Crippen LogP contribution is 2.54. The van der Waals surface area contributed by atoms with Crippen molar-refractivity contribution in [2.45, 2.75) is 153 Å². The van der Waals surface area contributed by atoms with Gasteiger partial charge in [0.15, 0.2) is 24.5 Å². The van der Waals surface area contributed by atoms with E-state index < -0.39 is 96.2 Å². The SMILES string of the molecule is CCCC(N[C@@H]1O[C@H](COC(=O)C(C)(C)C)[C@H](OC(=O)C(C)(C)C)[C@H](OC(=O)C(C)(C)C)[C@H]1OC(=O)C(C)(C)C)P(=O)(OCC)OCC. The lowest BCUT2D eigenvalue weighted by molar-refractivity contribution is -0.265. The largest absolute Gasteiger partial charge is 0.462 e. The summed E-state index contributed by atoms with van der Waals surface area (Å²) in [6.45, 7) is 25.0. The van der Waals surface area contributed by atoms with Crippen molar-refractivity contribution in [3.05, 3.63) is 0 Å². The van der Waals surface area contributed by atoms with Gasteiger partial charge in [-0.15, -0.1) is 0 Å². The summed E-state index contributed by atoms with van der Waals surface area (Å²) in [6.07, 6.45) is -5.93. The first-order chi connectivity index (χ1) is 21.7. The van der Waals surface area contributed by atoms with Crippen LogP contribution in [0.25, 0.3) is 0 Å². The lowest BCUT2D eigenvalue weighted by atomic mass is 9.92. The molecule has 1 aliphatic heterocycles. The predicted molar refractivity (Wildman–Crippen MR) is 180 cm³/mol. The van der Waals surface area contributed by atoms with Crippen molar-refractivity contribution < 1.29 is 56.5 Å². The molecule has 0 amide bonds. The van der Waals surface area contributed by atoms with Crippen LogP contribution in [0.2, 0.25) is 0 Å². The fourth-order valence-electron chi connectivity index (χ4n) is 4.24. The van der Waals surface area contributed by atoms with Gasteiger partial charge in [0.05, 0.1) is 34.9 Å². The van der Waals surface area contributed by atoms with E-state index in [4.69, 9.17) is 32.7 Å². The fourth-order valence-corrected chi connectivity index (χ4v) is 6.29. The molecule has 0 bridgehead atoms. The van der Waals surface area contributed by atoms with Crippen LogP contribution in [0.3, 0.4) is 0 Å². The third-order valence-corrected chi connectivity index (χ3v) is 9.52. The Balaban J connectivity index is 4.01. The summed E-state index contributed by atoms with van der Waals surface area (Å²) in [4.78, 5) is 53.3. The molecule has 1 heterocycles. The van der Waals surface area contributed by atoms with Gasteiger partial charge in [0, 0.05) is 0 Å². The minimum atomic E-state index is -3.82. The predicted octanol–water partition coefficient (Wildman–Crippen LogP) is 6.16. The number of esters is 4. The maximum absolute atomic E-state index is 14.1. The average Bonchev–Trinajstić information content (AvgIpc) is 2.92. The Kier molecular flexibility index (Phi) is 15.8. The minimum Gasteiger partial charge on any atom is -0.462 e. The summed E-state index contributed by atoms with van der Waals surface area (Å²) in [5, 5.41) is 3.18. The smallest absolute Gasteiger partial charge is 0.347 e. The Morgan fingerprint density at radius 1 is 0.646 bits per heavy atom. The highest BCUT2D eigenvalue weighted by molar-refractivity contribution is 7.54. The van der Waals surface area contributed by atoms with Gasteiger partial charge in [-0.2, -0.15) is 0 Å². The fraction of sp³-hybridized carbons (Fsp3) is 0.882. The second-order valence-electron chi connectivity index (χ2n) is 16.1. The van der Waals surface area contributed by atoms with Gasteiger partial charge >= 0.3 is 31.5 Å². The molecule has 48 heavy (non-hydrogen) atoms. The third-order valence-electron chi connectivity index (χ3n) is 7.11. The highest BCUT2D eigenvalue weighted by Gasteiger charge is 2.55. The Bertz CT molecular complexity index is 1130. The number of carbonyl (C=O) groups excluding carboxylic acids is 4. The third kappa shape index (κ3) is 12.7. The molecule has 280 valence electrons. The quantitative estimate of drug-likeness (QED) is 0.124. The molecule has 1 fully saturated rings. The average molecular weight is 708 g/mol. The van der Waals surface area contributed by atoms with Crippen molar-refractivity contribution in [1.82, 2.24) is 5.32 Å². The molecule has 0 aliphatic carbocycles. The van der Waals surface area contributed by atoms with E-state index in [1.54, 1.807) is 96.9 Å². The van der Waals surface area contributed by atoms with Gasteiger partial charge in [0.25, 0.3) is 0 Å². The molecule has 1 aliphatic rings. The number of carbonyl (C=O) groups is 4.